The Bertz CT molecular complexity index is 91.6. The molecule has 0 fully saturated rings. The summed E-state index contributed by atoms with van der Waals surface area (Å²) in [6, 6.07) is 0. The molecule has 0 saturated heterocycles. The average molecular weight is 144 g/mol. The van der Waals surface area contributed by atoms with Crippen LogP contribution in [0.3, 0.4) is 0 Å². The van der Waals surface area contributed by atoms with Crippen molar-refractivity contribution in [2.24, 2.45) is 0 Å². The van der Waals surface area contributed by atoms with Crippen LogP contribution in [0, 0.1) is 0 Å². The first-order valence-electron chi connectivity index (χ1n) is 3.39. The molecule has 9 heavy (non-hydrogen) atoms. The number of hydrogen-bond donors (Lipinski definition) is 0. The zero-order chi connectivity index (χ0) is 7.33. The van der Waals surface area contributed by atoms with Gasteiger partial charge in [-0.2, -0.15) is 0 Å². The fraction of sp³-hybridized carbons (Fsp3) is 0.714. The predicted molar refractivity (Wildman–Crippen MR) is 43.9 cm³/mol. The Labute approximate surface area is 58.9 Å². The van der Waals surface area contributed by atoms with E-state index in [1.165, 1.54) is 0 Å². The van der Waals surface area contributed by atoms with Gasteiger partial charge in [0.2, 0.25) is 8.32 Å². The summed E-state index contributed by atoms with van der Waals surface area (Å²) in [6.07, 6.45) is 4.93. The molecule has 0 bridgehead atoms. The number of rotatable bonds is 3. The molecule has 0 N–H and O–H groups in total. The van der Waals surface area contributed by atoms with E-state index in [4.69, 9.17) is 4.43 Å². The van der Waals surface area contributed by atoms with Crippen molar-refractivity contribution in [1.82, 2.24) is 0 Å². The fourth-order valence-electron chi connectivity index (χ4n) is 0.348. The second-order valence-corrected chi connectivity index (χ2v) is 7.47. The Balaban J connectivity index is 3.38. The molecule has 0 atom stereocenters. The van der Waals surface area contributed by atoms with Gasteiger partial charge in [0.05, 0.1) is 6.26 Å². The summed E-state index contributed by atoms with van der Waals surface area (Å²) in [4.78, 5) is 0. The van der Waals surface area contributed by atoms with E-state index in [-0.39, 0.29) is 0 Å². The molecular formula is C7H16OSi. The Morgan fingerprint density at radius 3 is 2.22 bits per heavy atom. The van der Waals surface area contributed by atoms with Gasteiger partial charge in [-0.05, 0) is 26.1 Å². The van der Waals surface area contributed by atoms with Crippen LogP contribution in [0.2, 0.25) is 19.6 Å². The molecular weight excluding hydrogens is 128 g/mol. The molecule has 0 radical (unpaired) electrons. The van der Waals surface area contributed by atoms with Gasteiger partial charge in [0.1, 0.15) is 0 Å². The maximum absolute atomic E-state index is 5.43. The van der Waals surface area contributed by atoms with Crippen LogP contribution in [-0.2, 0) is 4.43 Å². The summed E-state index contributed by atoms with van der Waals surface area (Å²) in [5.74, 6) is 0. The van der Waals surface area contributed by atoms with E-state index in [9.17, 15) is 0 Å². The van der Waals surface area contributed by atoms with Gasteiger partial charge < -0.3 is 4.43 Å². The van der Waals surface area contributed by atoms with Crippen LogP contribution < -0.4 is 0 Å². The van der Waals surface area contributed by atoms with Crippen LogP contribution in [0.25, 0.3) is 0 Å². The lowest BCUT2D eigenvalue weighted by Crippen LogP contribution is -2.21. The van der Waals surface area contributed by atoms with Crippen molar-refractivity contribution in [3.63, 3.8) is 0 Å². The van der Waals surface area contributed by atoms with Crippen LogP contribution in [0.5, 0.6) is 0 Å². The van der Waals surface area contributed by atoms with Crippen LogP contribution in [0.1, 0.15) is 13.3 Å². The highest BCUT2D eigenvalue weighted by molar-refractivity contribution is 6.69. The summed E-state index contributed by atoms with van der Waals surface area (Å²) in [6.45, 7) is 8.62. The van der Waals surface area contributed by atoms with Crippen LogP contribution in [0.15, 0.2) is 12.3 Å². The standard InChI is InChI=1S/C7H16OSi/c1-5-6-7-8-9(2,3)4/h6-7H,5H2,1-4H3/b7-6-. The minimum absolute atomic E-state index is 1.06. The molecule has 0 aliphatic rings. The Morgan fingerprint density at radius 1 is 1.33 bits per heavy atom. The quantitative estimate of drug-likeness (QED) is 0.437. The van der Waals surface area contributed by atoms with E-state index < -0.39 is 8.32 Å². The van der Waals surface area contributed by atoms with Gasteiger partial charge in [-0.1, -0.05) is 13.0 Å². The van der Waals surface area contributed by atoms with Gasteiger partial charge in [0.25, 0.3) is 0 Å². The summed E-state index contributed by atoms with van der Waals surface area (Å²) in [7, 11) is -1.28. The number of hydrogen-bond acceptors (Lipinski definition) is 1. The Kier molecular flexibility index (Phi) is 3.62. The Morgan fingerprint density at radius 2 is 1.89 bits per heavy atom. The monoisotopic (exact) mass is 144 g/mol. The topological polar surface area (TPSA) is 9.23 Å². The minimum atomic E-state index is -1.28. The molecule has 0 aromatic carbocycles. The largest absolute Gasteiger partial charge is 0.550 e. The predicted octanol–water partition coefficient (Wildman–Crippen LogP) is 2.76. The van der Waals surface area contributed by atoms with Crippen molar-refractivity contribution in [3.8, 4) is 0 Å². The van der Waals surface area contributed by atoms with Gasteiger partial charge in [-0.3, -0.25) is 0 Å². The first-order chi connectivity index (χ1) is 4.06. The Hall–Kier alpha value is -0.243. The van der Waals surface area contributed by atoms with Crippen LogP contribution in [-0.4, -0.2) is 8.32 Å². The van der Waals surface area contributed by atoms with E-state index in [1.807, 2.05) is 12.3 Å². The second kappa shape index (κ2) is 3.72. The first kappa shape index (κ1) is 8.76. The zero-order valence-corrected chi connectivity index (χ0v) is 7.77. The number of allylic oxidation sites excluding steroid dienone is 1. The molecule has 0 aromatic rings. The van der Waals surface area contributed by atoms with Crippen molar-refractivity contribution in [3.05, 3.63) is 12.3 Å². The molecule has 0 unspecified atom stereocenters. The molecule has 0 amide bonds. The molecule has 0 heterocycles. The third-order valence-electron chi connectivity index (χ3n) is 0.754. The molecule has 54 valence electrons. The van der Waals surface area contributed by atoms with Crippen LogP contribution >= 0.6 is 0 Å². The van der Waals surface area contributed by atoms with Gasteiger partial charge in [0.15, 0.2) is 0 Å². The highest BCUT2D eigenvalue weighted by atomic mass is 28.4. The van der Waals surface area contributed by atoms with Gasteiger partial charge in [-0.15, -0.1) is 0 Å². The first-order valence-corrected chi connectivity index (χ1v) is 6.80. The summed E-state index contributed by atoms with van der Waals surface area (Å²) < 4.78 is 5.43. The maximum Gasteiger partial charge on any atom is 0.241 e. The summed E-state index contributed by atoms with van der Waals surface area (Å²) in [5, 5.41) is 0. The zero-order valence-electron chi connectivity index (χ0n) is 6.77. The SMILES string of the molecule is CC/C=C\O[Si](C)(C)C. The third-order valence-corrected chi connectivity index (χ3v) is 1.60. The summed E-state index contributed by atoms with van der Waals surface area (Å²) >= 11 is 0. The van der Waals surface area contributed by atoms with Gasteiger partial charge in [-0.25, -0.2) is 0 Å². The van der Waals surface area contributed by atoms with Crippen LogP contribution in [0.4, 0.5) is 0 Å². The van der Waals surface area contributed by atoms with Crippen molar-refractivity contribution in [2.45, 2.75) is 33.0 Å². The molecule has 0 spiro atoms. The maximum atomic E-state index is 5.43. The van der Waals surface area contributed by atoms with E-state index in [2.05, 4.69) is 26.6 Å². The normalized spacial score (nSPS) is 12.4. The van der Waals surface area contributed by atoms with Crippen molar-refractivity contribution < 1.29 is 4.43 Å². The van der Waals surface area contributed by atoms with Gasteiger partial charge >= 0.3 is 0 Å². The van der Waals surface area contributed by atoms with E-state index in [0.29, 0.717) is 0 Å². The van der Waals surface area contributed by atoms with Crippen molar-refractivity contribution in [1.29, 1.82) is 0 Å². The van der Waals surface area contributed by atoms with E-state index in [0.717, 1.165) is 6.42 Å². The molecule has 0 aromatic heterocycles. The highest BCUT2D eigenvalue weighted by Gasteiger charge is 2.12. The van der Waals surface area contributed by atoms with Crippen molar-refractivity contribution >= 4 is 8.32 Å². The molecule has 0 aliphatic carbocycles. The molecule has 2 heteroatoms. The fourth-order valence-corrected chi connectivity index (χ4v) is 0.853. The molecule has 0 aliphatic heterocycles. The second-order valence-electron chi connectivity index (χ2n) is 3.01. The van der Waals surface area contributed by atoms with Crippen molar-refractivity contribution in [2.75, 3.05) is 0 Å². The molecule has 1 nitrogen and oxygen atoms in total. The highest BCUT2D eigenvalue weighted by Crippen LogP contribution is 2.02. The molecule has 0 rings (SSSR count). The lowest BCUT2D eigenvalue weighted by molar-refractivity contribution is 0.477. The lowest BCUT2D eigenvalue weighted by atomic mass is 10.5. The summed E-state index contributed by atoms with van der Waals surface area (Å²) in [5.41, 5.74) is 0. The van der Waals surface area contributed by atoms with E-state index in [1.54, 1.807) is 0 Å². The average Bonchev–Trinajstić information content (AvgIpc) is 1.63. The lowest BCUT2D eigenvalue weighted by Gasteiger charge is -2.14. The van der Waals surface area contributed by atoms with E-state index >= 15 is 0 Å². The van der Waals surface area contributed by atoms with Gasteiger partial charge in [0, 0.05) is 0 Å². The third kappa shape index (κ3) is 7.76. The molecule has 0 saturated carbocycles. The minimum Gasteiger partial charge on any atom is -0.550 e. The smallest absolute Gasteiger partial charge is 0.241 e.